The minimum atomic E-state index is 0.653. The topological polar surface area (TPSA) is 43.4 Å². The van der Waals surface area contributed by atoms with Gasteiger partial charge in [0.1, 0.15) is 11.5 Å². The Morgan fingerprint density at radius 2 is 1.37 bits per heavy atom. The Hall–Kier alpha value is -3.31. The first kappa shape index (κ1) is 20.0. The molecule has 0 atom stereocenters. The van der Waals surface area contributed by atoms with E-state index < -0.39 is 0 Å². The van der Waals surface area contributed by atoms with Crippen molar-refractivity contribution in [3.05, 3.63) is 94.9 Å². The van der Waals surface area contributed by atoms with Gasteiger partial charge in [0.15, 0.2) is 5.13 Å². The van der Waals surface area contributed by atoms with Crippen LogP contribution in [0.2, 0.25) is 0 Å². The molecule has 30 heavy (non-hydrogen) atoms. The first-order valence-corrected chi connectivity index (χ1v) is 10.6. The molecular weight excluding hydrogens is 392 g/mol. The zero-order valence-corrected chi connectivity index (χ0v) is 17.9. The van der Waals surface area contributed by atoms with Gasteiger partial charge in [-0.25, -0.2) is 4.98 Å². The molecule has 4 rings (SSSR count). The molecular formula is C25H24N2O2S. The zero-order valence-electron chi connectivity index (χ0n) is 17.1. The minimum Gasteiger partial charge on any atom is -0.496 e. The minimum absolute atomic E-state index is 0.653. The number of para-hydroxylation sites is 2. The maximum atomic E-state index is 5.56. The Morgan fingerprint density at radius 3 is 2.07 bits per heavy atom. The van der Waals surface area contributed by atoms with Gasteiger partial charge in [-0.1, -0.05) is 66.7 Å². The summed E-state index contributed by atoms with van der Waals surface area (Å²) in [5, 5.41) is 4.37. The Labute approximate surface area is 181 Å². The summed E-state index contributed by atoms with van der Waals surface area (Å²) < 4.78 is 11.0. The van der Waals surface area contributed by atoms with Crippen LogP contribution in [0.25, 0.3) is 11.3 Å². The number of nitrogens with zero attached hydrogens (tertiary/aromatic N) is 1. The van der Waals surface area contributed by atoms with E-state index in [1.54, 1.807) is 25.6 Å². The number of thiazole rings is 1. The average molecular weight is 417 g/mol. The molecule has 0 amide bonds. The van der Waals surface area contributed by atoms with Crippen LogP contribution in [-0.2, 0) is 13.0 Å². The number of hydrogen-bond acceptors (Lipinski definition) is 5. The van der Waals surface area contributed by atoms with Crippen LogP contribution in [0.1, 0.15) is 16.0 Å². The molecule has 1 heterocycles. The fourth-order valence-corrected chi connectivity index (χ4v) is 4.41. The molecule has 0 aliphatic rings. The normalized spacial score (nSPS) is 10.6. The highest BCUT2D eigenvalue weighted by atomic mass is 32.1. The lowest BCUT2D eigenvalue weighted by molar-refractivity contribution is 0.410. The zero-order chi connectivity index (χ0) is 20.8. The molecule has 1 aromatic heterocycles. The van der Waals surface area contributed by atoms with Crippen LogP contribution in [0.4, 0.5) is 5.13 Å². The molecule has 0 saturated carbocycles. The summed E-state index contributed by atoms with van der Waals surface area (Å²) in [7, 11) is 3.41. The predicted octanol–water partition coefficient (Wildman–Crippen LogP) is 6.03. The van der Waals surface area contributed by atoms with E-state index in [-0.39, 0.29) is 0 Å². The Morgan fingerprint density at radius 1 is 0.767 bits per heavy atom. The van der Waals surface area contributed by atoms with E-state index in [0.29, 0.717) is 6.54 Å². The van der Waals surface area contributed by atoms with Crippen molar-refractivity contribution in [1.29, 1.82) is 0 Å². The van der Waals surface area contributed by atoms with E-state index in [0.717, 1.165) is 45.4 Å². The van der Waals surface area contributed by atoms with E-state index >= 15 is 0 Å². The van der Waals surface area contributed by atoms with Crippen LogP contribution in [0.15, 0.2) is 78.9 Å². The summed E-state index contributed by atoms with van der Waals surface area (Å²) in [5.74, 6) is 1.77. The number of aromatic nitrogens is 1. The fraction of sp³-hybridized carbons (Fsp3) is 0.160. The molecule has 0 unspecified atom stereocenters. The first-order chi connectivity index (χ1) is 14.8. The van der Waals surface area contributed by atoms with Gasteiger partial charge in [-0.3, -0.25) is 0 Å². The second-order valence-corrected chi connectivity index (χ2v) is 7.89. The lowest BCUT2D eigenvalue weighted by atomic mass is 10.1. The van der Waals surface area contributed by atoms with E-state index in [1.165, 1.54) is 4.88 Å². The predicted molar refractivity (Wildman–Crippen MR) is 124 cm³/mol. The van der Waals surface area contributed by atoms with Crippen molar-refractivity contribution in [3.63, 3.8) is 0 Å². The summed E-state index contributed by atoms with van der Waals surface area (Å²) in [6.45, 7) is 0.653. The highest BCUT2D eigenvalue weighted by molar-refractivity contribution is 7.16. The van der Waals surface area contributed by atoms with Gasteiger partial charge in [0.25, 0.3) is 0 Å². The van der Waals surface area contributed by atoms with Crippen molar-refractivity contribution in [2.45, 2.75) is 13.0 Å². The van der Waals surface area contributed by atoms with Crippen molar-refractivity contribution < 1.29 is 9.47 Å². The molecule has 4 nitrogen and oxygen atoms in total. The van der Waals surface area contributed by atoms with Gasteiger partial charge in [0, 0.05) is 29.0 Å². The van der Waals surface area contributed by atoms with Crippen LogP contribution in [0, 0.1) is 0 Å². The molecule has 5 heteroatoms. The van der Waals surface area contributed by atoms with E-state index in [2.05, 4.69) is 29.6 Å². The molecule has 4 aromatic rings. The van der Waals surface area contributed by atoms with Gasteiger partial charge in [0.05, 0.1) is 19.9 Å². The third-order valence-corrected chi connectivity index (χ3v) is 5.92. The van der Waals surface area contributed by atoms with Crippen molar-refractivity contribution in [2.24, 2.45) is 0 Å². The standard InChI is InChI=1S/C25H24N2O2S/c1-28-21-14-8-6-12-19(21)16-23-24(18-10-4-3-5-11-18)27-25(30-23)26-17-20-13-7-9-15-22(20)29-2/h3-15H,16-17H2,1-2H3,(H,26,27). The average Bonchev–Trinajstić information content (AvgIpc) is 3.21. The van der Waals surface area contributed by atoms with Crippen molar-refractivity contribution in [2.75, 3.05) is 19.5 Å². The molecule has 0 spiro atoms. The molecule has 0 aliphatic carbocycles. The molecule has 3 aromatic carbocycles. The van der Waals surface area contributed by atoms with E-state index in [4.69, 9.17) is 14.5 Å². The molecule has 152 valence electrons. The van der Waals surface area contributed by atoms with Crippen molar-refractivity contribution >= 4 is 16.5 Å². The monoisotopic (exact) mass is 416 g/mol. The summed E-state index contributed by atoms with van der Waals surface area (Å²) in [5.41, 5.74) is 4.37. The highest BCUT2D eigenvalue weighted by Gasteiger charge is 2.15. The Bertz CT molecular complexity index is 1110. The maximum absolute atomic E-state index is 5.56. The maximum Gasteiger partial charge on any atom is 0.183 e. The fourth-order valence-electron chi connectivity index (χ4n) is 3.41. The number of ether oxygens (including phenoxy) is 2. The third-order valence-electron chi connectivity index (χ3n) is 4.91. The number of hydrogen-bond donors (Lipinski definition) is 1. The smallest absolute Gasteiger partial charge is 0.183 e. The highest BCUT2D eigenvalue weighted by Crippen LogP contribution is 2.35. The second-order valence-electron chi connectivity index (χ2n) is 6.81. The Balaban J connectivity index is 1.64. The van der Waals surface area contributed by atoms with Crippen LogP contribution in [-0.4, -0.2) is 19.2 Å². The van der Waals surface area contributed by atoms with Gasteiger partial charge in [0.2, 0.25) is 0 Å². The quantitative estimate of drug-likeness (QED) is 0.381. The molecule has 0 aliphatic heterocycles. The van der Waals surface area contributed by atoms with E-state index in [9.17, 15) is 0 Å². The molecule has 0 radical (unpaired) electrons. The molecule has 0 fully saturated rings. The van der Waals surface area contributed by atoms with Crippen molar-refractivity contribution in [3.8, 4) is 22.8 Å². The summed E-state index contributed by atoms with van der Waals surface area (Å²) >= 11 is 1.68. The summed E-state index contributed by atoms with van der Waals surface area (Å²) in [6, 6.07) is 26.5. The van der Waals surface area contributed by atoms with Gasteiger partial charge in [-0.05, 0) is 17.7 Å². The molecule has 0 saturated heterocycles. The summed E-state index contributed by atoms with van der Waals surface area (Å²) in [6.07, 6.45) is 0.766. The van der Waals surface area contributed by atoms with E-state index in [1.807, 2.05) is 54.6 Å². The SMILES string of the molecule is COc1ccccc1CNc1nc(-c2ccccc2)c(Cc2ccccc2OC)s1. The van der Waals surface area contributed by atoms with Crippen LogP contribution in [0.3, 0.4) is 0 Å². The molecule has 1 N–H and O–H groups in total. The lowest BCUT2D eigenvalue weighted by Crippen LogP contribution is -2.01. The number of rotatable bonds is 8. The first-order valence-electron chi connectivity index (χ1n) is 9.81. The van der Waals surface area contributed by atoms with Crippen LogP contribution in [0.5, 0.6) is 11.5 Å². The largest absolute Gasteiger partial charge is 0.496 e. The van der Waals surface area contributed by atoms with Gasteiger partial charge < -0.3 is 14.8 Å². The van der Waals surface area contributed by atoms with Gasteiger partial charge >= 0.3 is 0 Å². The number of nitrogens with one attached hydrogen (secondary N) is 1. The molecule has 0 bridgehead atoms. The second kappa shape index (κ2) is 9.46. The number of benzene rings is 3. The van der Waals surface area contributed by atoms with Crippen molar-refractivity contribution in [1.82, 2.24) is 4.98 Å². The van der Waals surface area contributed by atoms with Gasteiger partial charge in [-0.2, -0.15) is 0 Å². The lowest BCUT2D eigenvalue weighted by Gasteiger charge is -2.08. The number of methoxy groups -OCH3 is 2. The van der Waals surface area contributed by atoms with Crippen LogP contribution < -0.4 is 14.8 Å². The summed E-state index contributed by atoms with van der Waals surface area (Å²) in [4.78, 5) is 6.13. The van der Waals surface area contributed by atoms with Crippen LogP contribution >= 0.6 is 11.3 Å². The third kappa shape index (κ3) is 4.47. The van der Waals surface area contributed by atoms with Gasteiger partial charge in [-0.15, -0.1) is 11.3 Å². The Kier molecular flexibility index (Phi) is 6.30. The number of anilines is 1.